The lowest BCUT2D eigenvalue weighted by Gasteiger charge is -2.39. The van der Waals surface area contributed by atoms with Gasteiger partial charge in [0.1, 0.15) is 42.2 Å². The lowest BCUT2D eigenvalue weighted by atomic mass is 9.76. The maximum absolute atomic E-state index is 14.9. The quantitative estimate of drug-likeness (QED) is 0.0158. The average Bonchev–Trinajstić information content (AvgIpc) is 1.64. The largest absolute Gasteiger partial charge is 0.480 e. The fourth-order valence-corrected chi connectivity index (χ4v) is 18.8. The molecule has 3 spiro atoms. The molecule has 10 aromatic rings. The van der Waals surface area contributed by atoms with Crippen LogP contribution >= 0.6 is 0 Å². The van der Waals surface area contributed by atoms with Crippen molar-refractivity contribution in [2.24, 2.45) is 16.2 Å². The van der Waals surface area contributed by atoms with Crippen LogP contribution in [0.3, 0.4) is 0 Å². The molecule has 6 fully saturated rings. The predicted molar refractivity (Wildman–Crippen MR) is 492 cm³/mol. The number of likely N-dealkylation sites (tertiary alicyclic amines) is 1. The zero-order valence-electron chi connectivity index (χ0n) is 77.4. The number of aliphatic carboxylic acids is 1. The maximum Gasteiger partial charge on any atom is 0.429 e. The van der Waals surface area contributed by atoms with Crippen molar-refractivity contribution in [1.82, 2.24) is 74.8 Å². The number of carbonyl (C=O) groups is 4. The molecule has 732 valence electrons. The predicted octanol–water partition coefficient (Wildman–Crippen LogP) is 15.7. The van der Waals surface area contributed by atoms with E-state index in [9.17, 15) is 63.8 Å². The van der Waals surface area contributed by atoms with Crippen molar-refractivity contribution >= 4 is 65.4 Å². The molecular formula is C96H114F9N21O11. The van der Waals surface area contributed by atoms with Crippen LogP contribution in [-0.2, 0) is 48.0 Å². The van der Waals surface area contributed by atoms with Crippen molar-refractivity contribution in [3.8, 4) is 34.7 Å². The molecule has 6 saturated heterocycles. The summed E-state index contributed by atoms with van der Waals surface area (Å²) in [6, 6.07) is 31.5. The van der Waals surface area contributed by atoms with Crippen LogP contribution in [0, 0.1) is 37.0 Å². The number of nitrogens with zero attached hydrogens (tertiary/aromatic N) is 16. The van der Waals surface area contributed by atoms with E-state index in [2.05, 4.69) is 55.8 Å². The smallest absolute Gasteiger partial charge is 0.429 e. The number of aromatic nitrogens is 12. The molecule has 0 bridgehead atoms. The molecule has 41 heteroatoms. The number of esters is 2. The van der Waals surface area contributed by atoms with Crippen molar-refractivity contribution in [1.29, 1.82) is 0 Å². The summed E-state index contributed by atoms with van der Waals surface area (Å²) in [5, 5.41) is 28.7. The van der Waals surface area contributed by atoms with Crippen molar-refractivity contribution in [2.75, 3.05) is 104 Å². The molecule has 9 N–H and O–H groups in total. The van der Waals surface area contributed by atoms with Crippen LogP contribution < -0.4 is 56.7 Å². The number of rotatable bonds is 27. The van der Waals surface area contributed by atoms with Gasteiger partial charge in [0.05, 0.1) is 47.4 Å². The number of alkyl halides is 9. The second-order valence-electron chi connectivity index (χ2n) is 35.7. The van der Waals surface area contributed by atoms with Gasteiger partial charge in [-0.05, 0) is 205 Å². The van der Waals surface area contributed by atoms with Crippen LogP contribution in [0.15, 0.2) is 146 Å². The van der Waals surface area contributed by atoms with Crippen molar-refractivity contribution in [2.45, 2.75) is 200 Å². The van der Waals surface area contributed by atoms with Crippen molar-refractivity contribution < 1.29 is 92.2 Å². The Bertz CT molecular complexity index is 5890. The van der Waals surface area contributed by atoms with E-state index in [1.807, 2.05) is 64.9 Å². The first-order chi connectivity index (χ1) is 65.3. The maximum atomic E-state index is 14.9. The lowest BCUT2D eigenvalue weighted by Crippen LogP contribution is -2.43. The second-order valence-corrected chi connectivity index (χ2v) is 35.7. The number of carboxylic acids is 1. The number of ether oxygens (including phenoxy) is 6. The van der Waals surface area contributed by atoms with Crippen LogP contribution in [0.2, 0.25) is 0 Å². The molecule has 6 aliphatic rings. The Labute approximate surface area is 786 Å². The molecule has 6 aliphatic heterocycles. The van der Waals surface area contributed by atoms with Gasteiger partial charge in [-0.15, -0.1) is 0 Å². The first kappa shape index (κ1) is 99.6. The minimum atomic E-state index is -4.84. The highest BCUT2D eigenvalue weighted by Crippen LogP contribution is 2.49. The molecule has 0 saturated carbocycles. The SMILES string of the molecule is C/C=C/c1ccc(-n2ccc(C)n2)c([C@@H](Oc2cc(N3CCC4(CC3)C[C@@H](C(=O)OCC)N(C(=O)OCc3ccccc3)C4)nc(N)n2)C(F)(F)F)c1.CCCc1ccc(-n2ccc(C)n2)c([C@@H](Oc2cc(N3CCC4(CC3)CN[C@H](C(=O)O)C4)nc(N)n2)C(F)(F)F)c1.CCCc1ccc(-n2ccc(C)n2)c([C@@H](Oc2cc(N3CCC4(CC3)CN[C@H](C(=O)OCC)C4)nc(N)n2)C(F)(F)F)c1. The Morgan fingerprint density at radius 1 is 0.474 bits per heavy atom. The van der Waals surface area contributed by atoms with Gasteiger partial charge in [-0.25, -0.2) is 23.6 Å². The fraction of sp³-hybridized carbons (Fsp3) is 0.469. The summed E-state index contributed by atoms with van der Waals surface area (Å²) in [5.74, 6) is -2.05. The number of hydrogen-bond donors (Lipinski definition) is 6. The van der Waals surface area contributed by atoms with E-state index in [0.717, 1.165) is 42.4 Å². The van der Waals surface area contributed by atoms with E-state index < -0.39 is 72.4 Å². The Morgan fingerprint density at radius 3 is 1.23 bits per heavy atom. The summed E-state index contributed by atoms with van der Waals surface area (Å²) in [6.07, 6.45) is -5.28. The third kappa shape index (κ3) is 24.4. The molecule has 1 amide bonds. The lowest BCUT2D eigenvalue weighted by molar-refractivity contribution is -0.199. The Kier molecular flexibility index (Phi) is 30.9. The van der Waals surface area contributed by atoms with Gasteiger partial charge in [-0.2, -0.15) is 84.7 Å². The van der Waals surface area contributed by atoms with E-state index in [-0.39, 0.29) is 112 Å². The zero-order valence-corrected chi connectivity index (χ0v) is 77.4. The normalized spacial score (nSPS) is 18.6. The molecule has 6 aromatic heterocycles. The number of nitrogen functional groups attached to an aromatic ring is 3. The third-order valence-electron chi connectivity index (χ3n) is 25.7. The van der Waals surface area contributed by atoms with Gasteiger partial charge >= 0.3 is 42.5 Å². The van der Waals surface area contributed by atoms with Crippen LogP contribution in [0.5, 0.6) is 17.6 Å². The number of piperidine rings is 3. The van der Waals surface area contributed by atoms with Gasteiger partial charge < -0.3 is 76.1 Å². The van der Waals surface area contributed by atoms with Crippen LogP contribution in [0.1, 0.15) is 180 Å². The van der Waals surface area contributed by atoms with Crippen LogP contribution in [0.4, 0.5) is 79.6 Å². The molecule has 12 heterocycles. The highest BCUT2D eigenvalue weighted by Gasteiger charge is 2.54. The highest BCUT2D eigenvalue weighted by atomic mass is 19.4. The highest BCUT2D eigenvalue weighted by molar-refractivity contribution is 5.82. The van der Waals surface area contributed by atoms with Gasteiger partial charge in [0.15, 0.2) is 0 Å². The van der Waals surface area contributed by atoms with Gasteiger partial charge in [-0.1, -0.05) is 87.4 Å². The number of nitrogens with two attached hydrogens (primary N) is 3. The molecule has 0 aliphatic carbocycles. The van der Waals surface area contributed by atoms with E-state index >= 15 is 0 Å². The number of anilines is 6. The molecule has 16 rings (SSSR count). The number of benzene rings is 4. The minimum absolute atomic E-state index is 0.0576. The number of nitrogens with one attached hydrogen (secondary N) is 2. The number of halogens is 9. The Balaban J connectivity index is 0.000000166. The summed E-state index contributed by atoms with van der Waals surface area (Å²) in [6.45, 7) is 19.8. The molecule has 0 radical (unpaired) electrons. The fourth-order valence-electron chi connectivity index (χ4n) is 18.8. The summed E-state index contributed by atoms with van der Waals surface area (Å²) in [7, 11) is 0. The van der Waals surface area contributed by atoms with Gasteiger partial charge in [-0.3, -0.25) is 14.5 Å². The number of allylic oxidation sites excluding steroid dienone is 1. The number of hydrogen-bond acceptors (Lipinski definition) is 27. The van der Waals surface area contributed by atoms with E-state index in [4.69, 9.17) is 45.6 Å². The molecule has 4 aromatic carbocycles. The van der Waals surface area contributed by atoms with Gasteiger partial charge in [0, 0.05) is 112 Å². The molecule has 6 atom stereocenters. The monoisotopic (exact) mass is 1910 g/mol. The first-order valence-electron chi connectivity index (χ1n) is 45.8. The summed E-state index contributed by atoms with van der Waals surface area (Å²) in [4.78, 5) is 82.1. The van der Waals surface area contributed by atoms with E-state index in [1.54, 1.807) is 121 Å². The van der Waals surface area contributed by atoms with Gasteiger partial charge in [0.25, 0.3) is 0 Å². The number of carboxylic acid groups (broad SMARTS) is 1. The average molecular weight is 1910 g/mol. The summed E-state index contributed by atoms with van der Waals surface area (Å²) >= 11 is 0. The second kappa shape index (κ2) is 42.5. The van der Waals surface area contributed by atoms with Crippen LogP contribution in [-0.4, -0.2) is 202 Å². The van der Waals surface area contributed by atoms with Crippen molar-refractivity contribution in [3.63, 3.8) is 0 Å². The molecule has 32 nitrogen and oxygen atoms in total. The summed E-state index contributed by atoms with van der Waals surface area (Å²) in [5.41, 5.74) is 22.7. The van der Waals surface area contributed by atoms with Gasteiger partial charge in [0.2, 0.25) is 53.8 Å². The number of carbonyl (C=O) groups excluding carboxylic acids is 3. The molecule has 0 unspecified atom stereocenters. The van der Waals surface area contributed by atoms with Crippen molar-refractivity contribution in [3.05, 3.63) is 202 Å². The number of aryl methyl sites for hydroxylation is 5. The van der Waals surface area contributed by atoms with Crippen LogP contribution in [0.25, 0.3) is 23.1 Å². The summed E-state index contributed by atoms with van der Waals surface area (Å²) < 4.78 is 170. The Hall–Kier alpha value is -13.3. The molecule has 137 heavy (non-hydrogen) atoms. The Morgan fingerprint density at radius 2 is 0.861 bits per heavy atom. The third-order valence-corrected chi connectivity index (χ3v) is 25.7. The molecular weight excluding hydrogens is 1790 g/mol. The standard InChI is InChI=1S/C38H42F3N7O5.C30H38F3N7O3.C28H34F3N7O3/c1-4-9-26-12-13-29(48-17-14-25(3)45-48)28(20-26)33(38(39,40)41)53-32-21-31(43-35(42)44-32)46-18-15-37(16-19-46)22-30(34(49)51-5-2)47(24-37)36(50)52-23-27-10-7-6-8-11-27;1-4-6-20-7-8-23(40-12-9-19(3)38-40)21(15-20)26(30(31,32)33)43-25-16-24(36-28(34)37-25)39-13-10-29(11-14-39)17-22(35-18-29)27(41)42-5-2;1-3-4-18-5-6-21(38-10-7-17(2)36-38)19(13-18)24(28(29,30)31)41-23-14-22(34-26(32)35-23)37-11-8-27(9-12-37)15-20(25(39)40)33-16-27/h4,6-14,17,20-21,30,33H,5,15-16,18-19,22-24H2,1-3H3,(H2,42,43,44);7-9,12,15-16,22,26,35H,4-6,10-11,13-14,17-18H2,1-3H3,(H2,34,36,37);5-7,10,13-14,20,24,33H,3-4,8-9,11-12,15-16H2,1-2H3,(H,39,40)(H2,32,34,35)/b9-4+;;/t30-,33+;22-,26+;20-,24+/m000/s1. The topological polar surface area (TPSA) is 390 Å². The number of amides is 1. The first-order valence-corrected chi connectivity index (χ1v) is 45.8. The van der Waals surface area contributed by atoms with E-state index in [1.165, 1.54) is 55.3 Å². The van der Waals surface area contributed by atoms with E-state index in [0.29, 0.717) is 157 Å². The zero-order chi connectivity index (χ0) is 97.9. The minimum Gasteiger partial charge on any atom is -0.480 e.